The van der Waals surface area contributed by atoms with Gasteiger partial charge >= 0.3 is 0 Å². The summed E-state index contributed by atoms with van der Waals surface area (Å²) in [5.74, 6) is 0.654. The molecule has 3 rings (SSSR count). The number of aliphatic hydroxyl groups excluding tert-OH is 1. The maximum atomic E-state index is 10.0. The number of likely N-dealkylation sites (N-methyl/N-ethyl adjacent to an activating group) is 1. The van der Waals surface area contributed by atoms with Gasteiger partial charge in [-0.2, -0.15) is 0 Å². The molecule has 1 fully saturated rings. The van der Waals surface area contributed by atoms with Crippen LogP contribution in [0.2, 0.25) is 0 Å². The lowest BCUT2D eigenvalue weighted by molar-refractivity contribution is 0.0891. The summed E-state index contributed by atoms with van der Waals surface area (Å²) in [6, 6.07) is 8.82. The second kappa shape index (κ2) is 6.47. The zero-order valence-corrected chi connectivity index (χ0v) is 13.1. The van der Waals surface area contributed by atoms with Crippen molar-refractivity contribution in [1.82, 2.24) is 10.2 Å². The molecule has 0 aromatic heterocycles. The molecule has 1 saturated carbocycles. The van der Waals surface area contributed by atoms with Crippen molar-refractivity contribution >= 4 is 0 Å². The lowest BCUT2D eigenvalue weighted by atomic mass is 9.93. The SMILES string of the molecule is CCNC(CO)(CN1CCCc2ccccc2C1)C1CC1. The first-order valence-corrected chi connectivity index (χ1v) is 8.42. The van der Waals surface area contributed by atoms with E-state index in [2.05, 4.69) is 41.4 Å². The Labute approximate surface area is 128 Å². The van der Waals surface area contributed by atoms with Gasteiger partial charge in [-0.05, 0) is 55.8 Å². The monoisotopic (exact) mass is 288 g/mol. The molecule has 1 aromatic rings. The summed E-state index contributed by atoms with van der Waals surface area (Å²) in [4.78, 5) is 2.54. The number of nitrogens with zero attached hydrogens (tertiary/aromatic N) is 1. The maximum Gasteiger partial charge on any atom is 0.0628 e. The number of benzene rings is 1. The van der Waals surface area contributed by atoms with Gasteiger partial charge in [-0.15, -0.1) is 0 Å². The highest BCUT2D eigenvalue weighted by Crippen LogP contribution is 2.40. The molecular formula is C18H28N2O. The zero-order chi connectivity index (χ0) is 14.7. The molecule has 0 radical (unpaired) electrons. The van der Waals surface area contributed by atoms with E-state index in [1.165, 1.54) is 36.8 Å². The van der Waals surface area contributed by atoms with E-state index in [1.54, 1.807) is 0 Å². The van der Waals surface area contributed by atoms with E-state index in [9.17, 15) is 5.11 Å². The van der Waals surface area contributed by atoms with Crippen LogP contribution < -0.4 is 5.32 Å². The third kappa shape index (κ3) is 3.31. The van der Waals surface area contributed by atoms with Crippen LogP contribution in [0.25, 0.3) is 0 Å². The molecule has 0 spiro atoms. The topological polar surface area (TPSA) is 35.5 Å². The molecule has 116 valence electrons. The summed E-state index contributed by atoms with van der Waals surface area (Å²) in [5.41, 5.74) is 2.88. The van der Waals surface area contributed by atoms with Crippen LogP contribution in [0.4, 0.5) is 0 Å². The normalized spacial score (nSPS) is 22.4. The Balaban J connectivity index is 1.74. The van der Waals surface area contributed by atoms with Crippen LogP contribution in [0.5, 0.6) is 0 Å². The number of nitrogens with one attached hydrogen (secondary N) is 1. The zero-order valence-electron chi connectivity index (χ0n) is 13.1. The largest absolute Gasteiger partial charge is 0.394 e. The van der Waals surface area contributed by atoms with Crippen LogP contribution in [0.3, 0.4) is 0 Å². The number of aryl methyl sites for hydroxylation is 1. The summed E-state index contributed by atoms with van der Waals surface area (Å²) in [7, 11) is 0. The van der Waals surface area contributed by atoms with Crippen LogP contribution in [-0.2, 0) is 13.0 Å². The first-order chi connectivity index (χ1) is 10.3. The maximum absolute atomic E-state index is 10.0. The molecular weight excluding hydrogens is 260 g/mol. The predicted molar refractivity (Wildman–Crippen MR) is 86.3 cm³/mol. The fraction of sp³-hybridized carbons (Fsp3) is 0.667. The van der Waals surface area contributed by atoms with Gasteiger partial charge in [0, 0.05) is 13.1 Å². The molecule has 1 unspecified atom stereocenters. The number of hydrogen-bond acceptors (Lipinski definition) is 3. The fourth-order valence-corrected chi connectivity index (χ4v) is 3.86. The highest BCUT2D eigenvalue weighted by molar-refractivity contribution is 5.28. The Kier molecular flexibility index (Phi) is 4.63. The van der Waals surface area contributed by atoms with Gasteiger partial charge in [0.1, 0.15) is 0 Å². The van der Waals surface area contributed by atoms with Crippen molar-refractivity contribution < 1.29 is 5.11 Å². The first kappa shape index (κ1) is 15.0. The van der Waals surface area contributed by atoms with Crippen molar-refractivity contribution in [3.8, 4) is 0 Å². The van der Waals surface area contributed by atoms with Gasteiger partial charge in [0.15, 0.2) is 0 Å². The molecule has 0 amide bonds. The minimum Gasteiger partial charge on any atom is -0.394 e. The Morgan fingerprint density at radius 2 is 2.05 bits per heavy atom. The van der Waals surface area contributed by atoms with Crippen molar-refractivity contribution in [2.75, 3.05) is 26.2 Å². The summed E-state index contributed by atoms with van der Waals surface area (Å²) < 4.78 is 0. The average Bonchev–Trinajstić information content (AvgIpc) is 3.33. The van der Waals surface area contributed by atoms with Crippen LogP contribution in [0, 0.1) is 5.92 Å². The van der Waals surface area contributed by atoms with E-state index in [0.717, 1.165) is 26.2 Å². The minimum atomic E-state index is -0.0893. The van der Waals surface area contributed by atoms with Crippen LogP contribution in [0.15, 0.2) is 24.3 Å². The predicted octanol–water partition coefficient (Wildman–Crippen LogP) is 2.19. The standard InChI is InChI=1S/C18H28N2O/c1-2-19-18(14-21,17-9-10-17)13-20-11-5-8-15-6-3-4-7-16(15)12-20/h3-4,6-7,17,19,21H,2,5,8-14H2,1H3. The van der Waals surface area contributed by atoms with Gasteiger partial charge in [-0.3, -0.25) is 4.90 Å². The highest BCUT2D eigenvalue weighted by atomic mass is 16.3. The summed E-state index contributed by atoms with van der Waals surface area (Å²) in [6.07, 6.45) is 4.93. The van der Waals surface area contributed by atoms with Gasteiger partial charge in [-0.1, -0.05) is 31.2 Å². The lowest BCUT2D eigenvalue weighted by Gasteiger charge is -2.38. The molecule has 0 bridgehead atoms. The molecule has 2 aliphatic rings. The lowest BCUT2D eigenvalue weighted by Crippen LogP contribution is -2.57. The molecule has 2 N–H and O–H groups in total. The van der Waals surface area contributed by atoms with Crippen molar-refractivity contribution in [2.45, 2.75) is 44.7 Å². The summed E-state index contributed by atoms with van der Waals surface area (Å²) in [6.45, 7) is 6.45. The highest BCUT2D eigenvalue weighted by Gasteiger charge is 2.45. The van der Waals surface area contributed by atoms with Crippen molar-refractivity contribution in [3.05, 3.63) is 35.4 Å². The van der Waals surface area contributed by atoms with Crippen LogP contribution >= 0.6 is 0 Å². The van der Waals surface area contributed by atoms with Gasteiger partial charge in [0.2, 0.25) is 0 Å². The van der Waals surface area contributed by atoms with E-state index >= 15 is 0 Å². The molecule has 1 atom stereocenters. The van der Waals surface area contributed by atoms with Gasteiger partial charge in [-0.25, -0.2) is 0 Å². The minimum absolute atomic E-state index is 0.0893. The third-order valence-electron chi connectivity index (χ3n) is 5.11. The number of rotatable bonds is 6. The third-order valence-corrected chi connectivity index (χ3v) is 5.11. The molecule has 1 aliphatic heterocycles. The van der Waals surface area contributed by atoms with Gasteiger partial charge in [0.25, 0.3) is 0 Å². The molecule has 21 heavy (non-hydrogen) atoms. The molecule has 3 heteroatoms. The van der Waals surface area contributed by atoms with Crippen LogP contribution in [0.1, 0.15) is 37.3 Å². The average molecular weight is 288 g/mol. The fourth-order valence-electron chi connectivity index (χ4n) is 3.86. The Morgan fingerprint density at radius 1 is 1.29 bits per heavy atom. The molecule has 3 nitrogen and oxygen atoms in total. The van der Waals surface area contributed by atoms with E-state index in [4.69, 9.17) is 0 Å². The second-order valence-corrected chi connectivity index (χ2v) is 6.70. The van der Waals surface area contributed by atoms with Crippen molar-refractivity contribution in [1.29, 1.82) is 0 Å². The van der Waals surface area contributed by atoms with E-state index in [-0.39, 0.29) is 12.1 Å². The van der Waals surface area contributed by atoms with E-state index < -0.39 is 0 Å². The van der Waals surface area contributed by atoms with E-state index in [1.807, 2.05) is 0 Å². The summed E-state index contributed by atoms with van der Waals surface area (Å²) >= 11 is 0. The number of aliphatic hydroxyl groups is 1. The van der Waals surface area contributed by atoms with Crippen molar-refractivity contribution in [2.24, 2.45) is 5.92 Å². The van der Waals surface area contributed by atoms with E-state index in [0.29, 0.717) is 5.92 Å². The number of hydrogen-bond donors (Lipinski definition) is 2. The Morgan fingerprint density at radius 3 is 2.71 bits per heavy atom. The second-order valence-electron chi connectivity index (χ2n) is 6.70. The quantitative estimate of drug-likeness (QED) is 0.842. The first-order valence-electron chi connectivity index (χ1n) is 8.42. The Bertz CT molecular complexity index is 472. The number of fused-ring (bicyclic) bond motifs is 1. The Hall–Kier alpha value is -0.900. The smallest absolute Gasteiger partial charge is 0.0628 e. The molecule has 1 aliphatic carbocycles. The van der Waals surface area contributed by atoms with Gasteiger partial charge < -0.3 is 10.4 Å². The van der Waals surface area contributed by atoms with Gasteiger partial charge in [0.05, 0.1) is 12.1 Å². The molecule has 1 aromatic carbocycles. The van der Waals surface area contributed by atoms with Crippen molar-refractivity contribution in [3.63, 3.8) is 0 Å². The summed E-state index contributed by atoms with van der Waals surface area (Å²) in [5, 5.41) is 13.6. The van der Waals surface area contributed by atoms with Crippen LogP contribution in [-0.4, -0.2) is 41.8 Å². The molecule has 0 saturated heterocycles. The molecule has 1 heterocycles.